The first-order valence-corrected chi connectivity index (χ1v) is 3.39. The van der Waals surface area contributed by atoms with Gasteiger partial charge in [0.25, 0.3) is 0 Å². The highest BCUT2D eigenvalue weighted by Crippen LogP contribution is 2.00. The maximum absolute atomic E-state index is 10.4. The first-order valence-electron chi connectivity index (χ1n) is 3.01. The summed E-state index contributed by atoms with van der Waals surface area (Å²) in [4.78, 5) is 10.4. The zero-order chi connectivity index (χ0) is 7.40. The van der Waals surface area contributed by atoms with Gasteiger partial charge in [-0.2, -0.15) is 0 Å². The average Bonchev–Trinajstić information content (AvgIpc) is 1.88. The van der Waals surface area contributed by atoms with Crippen molar-refractivity contribution < 1.29 is 4.79 Å². The van der Waals surface area contributed by atoms with E-state index in [1.807, 2.05) is 30.3 Å². The molecule has 0 aliphatic rings. The van der Waals surface area contributed by atoms with Gasteiger partial charge < -0.3 is 0 Å². The Labute approximate surface area is 76.8 Å². The van der Waals surface area contributed by atoms with Crippen LogP contribution in [0.25, 0.3) is 0 Å². The maximum atomic E-state index is 10.4. The van der Waals surface area contributed by atoms with E-state index >= 15 is 0 Å². The number of carbonyl (C=O) groups is 1. The molecule has 0 atom stereocenters. The smallest absolute Gasteiger partial charge is 0.226 e. The van der Waals surface area contributed by atoms with Gasteiger partial charge in [-0.05, 0) is 17.2 Å². The van der Waals surface area contributed by atoms with E-state index in [0.717, 1.165) is 5.56 Å². The van der Waals surface area contributed by atoms with Crippen LogP contribution >= 0.6 is 24.0 Å². The van der Waals surface area contributed by atoms with Crippen LogP contribution in [-0.4, -0.2) is 5.24 Å². The van der Waals surface area contributed by atoms with Gasteiger partial charge in [-0.3, -0.25) is 4.79 Å². The molecule has 0 bridgehead atoms. The van der Waals surface area contributed by atoms with Crippen molar-refractivity contribution in [2.45, 2.75) is 6.42 Å². The summed E-state index contributed by atoms with van der Waals surface area (Å²) in [5.74, 6) is 0. The monoisotopic (exact) mass is 190 g/mol. The molecular formula is C8H8Cl2O. The molecule has 1 aromatic rings. The summed E-state index contributed by atoms with van der Waals surface area (Å²) in [5, 5.41) is -0.314. The van der Waals surface area contributed by atoms with Gasteiger partial charge in [0.15, 0.2) is 0 Å². The van der Waals surface area contributed by atoms with E-state index in [2.05, 4.69) is 0 Å². The van der Waals surface area contributed by atoms with Crippen molar-refractivity contribution in [1.29, 1.82) is 0 Å². The van der Waals surface area contributed by atoms with Crippen LogP contribution in [0.15, 0.2) is 30.3 Å². The Balaban J connectivity index is 0.000001000. The summed E-state index contributed by atoms with van der Waals surface area (Å²) in [6.45, 7) is 0. The molecule has 1 rings (SSSR count). The molecule has 11 heavy (non-hydrogen) atoms. The lowest BCUT2D eigenvalue weighted by molar-refractivity contribution is -0.111. The van der Waals surface area contributed by atoms with Gasteiger partial charge in [-0.25, -0.2) is 0 Å². The molecule has 0 saturated heterocycles. The summed E-state index contributed by atoms with van der Waals surface area (Å²) in [6, 6.07) is 9.42. The normalized spacial score (nSPS) is 8.45. The number of hydrogen-bond acceptors (Lipinski definition) is 1. The van der Waals surface area contributed by atoms with E-state index < -0.39 is 0 Å². The highest BCUT2D eigenvalue weighted by atomic mass is 35.5. The second kappa shape index (κ2) is 5.16. The third-order valence-corrected chi connectivity index (χ3v) is 1.32. The molecule has 0 amide bonds. The van der Waals surface area contributed by atoms with Crippen LogP contribution in [0, 0.1) is 0 Å². The summed E-state index contributed by atoms with van der Waals surface area (Å²) in [6.07, 6.45) is 0.322. The fourth-order valence-corrected chi connectivity index (χ4v) is 0.911. The Morgan fingerprint density at radius 3 is 2.27 bits per heavy atom. The van der Waals surface area contributed by atoms with E-state index in [4.69, 9.17) is 11.6 Å². The Morgan fingerprint density at radius 2 is 1.82 bits per heavy atom. The number of rotatable bonds is 2. The molecular weight excluding hydrogens is 183 g/mol. The molecule has 60 valence electrons. The molecule has 0 saturated carbocycles. The van der Waals surface area contributed by atoms with Crippen molar-refractivity contribution in [1.82, 2.24) is 0 Å². The SMILES string of the molecule is Cl.O=C(Cl)Cc1ccccc1. The number of halogens is 2. The fourth-order valence-electron chi connectivity index (χ4n) is 0.756. The molecule has 0 N–H and O–H groups in total. The molecule has 0 unspecified atom stereocenters. The molecule has 0 aliphatic carbocycles. The van der Waals surface area contributed by atoms with Crippen molar-refractivity contribution in [3.8, 4) is 0 Å². The third-order valence-electron chi connectivity index (χ3n) is 1.19. The van der Waals surface area contributed by atoms with E-state index in [1.165, 1.54) is 0 Å². The lowest BCUT2D eigenvalue weighted by Gasteiger charge is -1.92. The minimum absolute atomic E-state index is 0. The lowest BCUT2D eigenvalue weighted by Crippen LogP contribution is -1.91. The highest BCUT2D eigenvalue weighted by Gasteiger charge is 1.95. The van der Waals surface area contributed by atoms with Crippen LogP contribution in [0.5, 0.6) is 0 Å². The topological polar surface area (TPSA) is 17.1 Å². The van der Waals surface area contributed by atoms with Gasteiger partial charge >= 0.3 is 0 Å². The fraction of sp³-hybridized carbons (Fsp3) is 0.125. The minimum atomic E-state index is -0.314. The van der Waals surface area contributed by atoms with Crippen LogP contribution in [0.1, 0.15) is 5.56 Å². The van der Waals surface area contributed by atoms with E-state index in [-0.39, 0.29) is 17.6 Å². The molecule has 0 aromatic heterocycles. The quantitative estimate of drug-likeness (QED) is 0.656. The predicted molar refractivity (Wildman–Crippen MR) is 48.3 cm³/mol. The van der Waals surface area contributed by atoms with Crippen LogP contribution < -0.4 is 0 Å². The van der Waals surface area contributed by atoms with Crippen molar-refractivity contribution in [3.63, 3.8) is 0 Å². The average molecular weight is 191 g/mol. The minimum Gasteiger partial charge on any atom is -0.281 e. The van der Waals surface area contributed by atoms with Crippen molar-refractivity contribution >= 4 is 29.3 Å². The summed E-state index contributed by atoms with van der Waals surface area (Å²) in [7, 11) is 0. The van der Waals surface area contributed by atoms with Gasteiger partial charge in [-0.15, -0.1) is 12.4 Å². The maximum Gasteiger partial charge on any atom is 0.226 e. The second-order valence-electron chi connectivity index (χ2n) is 2.02. The van der Waals surface area contributed by atoms with Crippen molar-refractivity contribution in [2.75, 3.05) is 0 Å². The van der Waals surface area contributed by atoms with Gasteiger partial charge in [0, 0.05) is 6.42 Å². The summed E-state index contributed by atoms with van der Waals surface area (Å²) < 4.78 is 0. The largest absolute Gasteiger partial charge is 0.281 e. The van der Waals surface area contributed by atoms with E-state index in [9.17, 15) is 4.79 Å². The van der Waals surface area contributed by atoms with Crippen LogP contribution in [0.4, 0.5) is 0 Å². The molecule has 0 fully saturated rings. The van der Waals surface area contributed by atoms with Crippen molar-refractivity contribution in [2.24, 2.45) is 0 Å². The first-order chi connectivity index (χ1) is 4.79. The van der Waals surface area contributed by atoms with E-state index in [0.29, 0.717) is 6.42 Å². The zero-order valence-corrected chi connectivity index (χ0v) is 7.36. The van der Waals surface area contributed by atoms with Crippen molar-refractivity contribution in [3.05, 3.63) is 35.9 Å². The first kappa shape index (κ1) is 10.5. The number of benzene rings is 1. The molecule has 3 heteroatoms. The molecule has 0 aliphatic heterocycles. The molecule has 1 nitrogen and oxygen atoms in total. The van der Waals surface area contributed by atoms with E-state index in [1.54, 1.807) is 0 Å². The molecule has 0 spiro atoms. The van der Waals surface area contributed by atoms with Crippen LogP contribution in [-0.2, 0) is 11.2 Å². The Kier molecular flexibility index (Phi) is 4.92. The summed E-state index contributed by atoms with van der Waals surface area (Å²) in [5.41, 5.74) is 0.961. The number of hydrogen-bond donors (Lipinski definition) is 0. The van der Waals surface area contributed by atoms with Gasteiger partial charge in [0.2, 0.25) is 5.24 Å². The number of carbonyl (C=O) groups excluding carboxylic acids is 1. The Morgan fingerprint density at radius 1 is 1.27 bits per heavy atom. The standard InChI is InChI=1S/C8H7ClO.ClH/c9-8(10)6-7-4-2-1-3-5-7;/h1-5H,6H2;1H. The lowest BCUT2D eigenvalue weighted by atomic mass is 10.2. The van der Waals surface area contributed by atoms with Gasteiger partial charge in [0.1, 0.15) is 0 Å². The molecule has 0 heterocycles. The summed E-state index contributed by atoms with van der Waals surface area (Å²) >= 11 is 5.17. The second-order valence-corrected chi connectivity index (χ2v) is 2.44. The van der Waals surface area contributed by atoms with Crippen LogP contribution in [0.2, 0.25) is 0 Å². The van der Waals surface area contributed by atoms with Gasteiger partial charge in [0.05, 0.1) is 0 Å². The Bertz CT molecular complexity index is 221. The third kappa shape index (κ3) is 4.02. The van der Waals surface area contributed by atoms with Gasteiger partial charge in [-0.1, -0.05) is 30.3 Å². The molecule has 1 aromatic carbocycles. The highest BCUT2D eigenvalue weighted by molar-refractivity contribution is 6.63. The van der Waals surface area contributed by atoms with Crippen LogP contribution in [0.3, 0.4) is 0 Å². The molecule has 0 radical (unpaired) electrons. The predicted octanol–water partition coefficient (Wildman–Crippen LogP) is 2.42. The zero-order valence-electron chi connectivity index (χ0n) is 5.79. The Hall–Kier alpha value is -0.530.